The number of halogens is 1. The number of nitrogens with zero attached hydrogens (tertiary/aromatic N) is 1. The summed E-state index contributed by atoms with van der Waals surface area (Å²) in [5, 5.41) is 15.3. The van der Waals surface area contributed by atoms with E-state index in [9.17, 15) is 14.3 Å². The molecule has 0 aromatic carbocycles. The number of nitrogens with one attached hydrogen (secondary N) is 2. The molecule has 20 heavy (non-hydrogen) atoms. The van der Waals surface area contributed by atoms with Crippen LogP contribution >= 0.6 is 0 Å². The van der Waals surface area contributed by atoms with Crippen molar-refractivity contribution >= 4 is 11.7 Å². The maximum absolute atomic E-state index is 13.3. The first-order valence-corrected chi connectivity index (χ1v) is 6.98. The smallest absolute Gasteiger partial charge is 0.255 e. The van der Waals surface area contributed by atoms with Crippen molar-refractivity contribution in [1.82, 2.24) is 10.3 Å². The van der Waals surface area contributed by atoms with Gasteiger partial charge in [-0.15, -0.1) is 0 Å². The van der Waals surface area contributed by atoms with Crippen molar-refractivity contribution in [3.05, 3.63) is 23.6 Å². The van der Waals surface area contributed by atoms with E-state index in [4.69, 9.17) is 0 Å². The third kappa shape index (κ3) is 3.66. The van der Waals surface area contributed by atoms with Crippen molar-refractivity contribution in [2.24, 2.45) is 0 Å². The van der Waals surface area contributed by atoms with Crippen molar-refractivity contribution in [1.29, 1.82) is 0 Å². The molecule has 6 heteroatoms. The Bertz CT molecular complexity index is 473. The zero-order valence-corrected chi connectivity index (χ0v) is 11.5. The van der Waals surface area contributed by atoms with Gasteiger partial charge in [-0.05, 0) is 38.7 Å². The van der Waals surface area contributed by atoms with Gasteiger partial charge in [-0.1, -0.05) is 0 Å². The number of carbonyl (C=O) groups excluding carboxylic acids is 1. The first kappa shape index (κ1) is 14.7. The summed E-state index contributed by atoms with van der Waals surface area (Å²) in [6.45, 7) is 2.49. The minimum absolute atomic E-state index is 0.0312. The number of aliphatic hydroxyl groups is 1. The Kier molecular flexibility index (Phi) is 4.89. The van der Waals surface area contributed by atoms with Crippen LogP contribution in [0.25, 0.3) is 0 Å². The standard InChI is InChI=1S/C14H20FN3O2/c1-2-16-13-12(7-9(15)8-17-13)14(20)18-10-3-5-11(19)6-4-10/h7-8,10-11,19H,2-6H2,1H3,(H,16,17)(H,18,20). The summed E-state index contributed by atoms with van der Waals surface area (Å²) in [7, 11) is 0. The minimum Gasteiger partial charge on any atom is -0.393 e. The molecule has 1 aliphatic carbocycles. The third-order valence-corrected chi connectivity index (χ3v) is 3.48. The van der Waals surface area contributed by atoms with Gasteiger partial charge in [0.05, 0.1) is 17.9 Å². The topological polar surface area (TPSA) is 74.2 Å². The fourth-order valence-electron chi connectivity index (χ4n) is 2.40. The number of aliphatic hydroxyl groups excluding tert-OH is 1. The van der Waals surface area contributed by atoms with Crippen LogP contribution in [-0.2, 0) is 0 Å². The lowest BCUT2D eigenvalue weighted by molar-refractivity contribution is 0.0867. The highest BCUT2D eigenvalue weighted by Gasteiger charge is 2.22. The molecule has 0 bridgehead atoms. The van der Waals surface area contributed by atoms with E-state index in [0.717, 1.165) is 19.0 Å². The summed E-state index contributed by atoms with van der Waals surface area (Å²) >= 11 is 0. The Morgan fingerprint density at radius 1 is 1.45 bits per heavy atom. The molecule has 5 nitrogen and oxygen atoms in total. The molecule has 0 unspecified atom stereocenters. The van der Waals surface area contributed by atoms with E-state index >= 15 is 0 Å². The van der Waals surface area contributed by atoms with Crippen molar-refractivity contribution in [3.8, 4) is 0 Å². The van der Waals surface area contributed by atoms with Gasteiger partial charge in [-0.2, -0.15) is 0 Å². The molecule has 0 aliphatic heterocycles. The molecule has 0 atom stereocenters. The van der Waals surface area contributed by atoms with Crippen LogP contribution in [0, 0.1) is 5.82 Å². The van der Waals surface area contributed by atoms with Crippen LogP contribution in [0.2, 0.25) is 0 Å². The Balaban J connectivity index is 2.06. The average Bonchev–Trinajstić information content (AvgIpc) is 2.43. The van der Waals surface area contributed by atoms with Crippen molar-refractivity contribution in [2.75, 3.05) is 11.9 Å². The number of rotatable bonds is 4. The van der Waals surface area contributed by atoms with Gasteiger partial charge in [0.2, 0.25) is 0 Å². The maximum Gasteiger partial charge on any atom is 0.255 e. The molecule has 0 radical (unpaired) electrons. The third-order valence-electron chi connectivity index (χ3n) is 3.48. The van der Waals surface area contributed by atoms with Crippen LogP contribution in [-0.4, -0.2) is 34.7 Å². The molecule has 1 aromatic heterocycles. The number of aromatic nitrogens is 1. The van der Waals surface area contributed by atoms with E-state index in [2.05, 4.69) is 15.6 Å². The van der Waals surface area contributed by atoms with E-state index in [1.54, 1.807) is 0 Å². The molecule has 1 aromatic rings. The molecule has 3 N–H and O–H groups in total. The molecule has 0 saturated heterocycles. The van der Waals surface area contributed by atoms with Crippen LogP contribution in [0.1, 0.15) is 43.0 Å². The van der Waals surface area contributed by atoms with Gasteiger partial charge in [-0.3, -0.25) is 4.79 Å². The predicted octanol–water partition coefficient (Wildman–Crippen LogP) is 1.69. The monoisotopic (exact) mass is 281 g/mol. The number of hydrogen-bond acceptors (Lipinski definition) is 4. The van der Waals surface area contributed by atoms with Crippen LogP contribution < -0.4 is 10.6 Å². The molecule has 1 amide bonds. The van der Waals surface area contributed by atoms with Gasteiger partial charge < -0.3 is 15.7 Å². The zero-order chi connectivity index (χ0) is 14.5. The van der Waals surface area contributed by atoms with E-state index in [-0.39, 0.29) is 23.6 Å². The van der Waals surface area contributed by atoms with Crippen LogP contribution in [0.3, 0.4) is 0 Å². The molecular weight excluding hydrogens is 261 g/mol. The highest BCUT2D eigenvalue weighted by atomic mass is 19.1. The number of amides is 1. The van der Waals surface area contributed by atoms with Crippen molar-refractivity contribution < 1.29 is 14.3 Å². The average molecular weight is 281 g/mol. The van der Waals surface area contributed by atoms with Gasteiger partial charge >= 0.3 is 0 Å². The van der Waals surface area contributed by atoms with Gasteiger partial charge in [0.15, 0.2) is 0 Å². The Morgan fingerprint density at radius 3 is 2.80 bits per heavy atom. The second-order valence-corrected chi connectivity index (χ2v) is 5.06. The number of hydrogen-bond donors (Lipinski definition) is 3. The lowest BCUT2D eigenvalue weighted by Crippen LogP contribution is -2.39. The van der Waals surface area contributed by atoms with Crippen molar-refractivity contribution in [2.45, 2.75) is 44.8 Å². The molecule has 0 spiro atoms. The zero-order valence-electron chi connectivity index (χ0n) is 11.5. The molecule has 1 fully saturated rings. The molecule has 1 saturated carbocycles. The van der Waals surface area contributed by atoms with Gasteiger partial charge in [-0.25, -0.2) is 9.37 Å². The van der Waals surface area contributed by atoms with Crippen molar-refractivity contribution in [3.63, 3.8) is 0 Å². The highest BCUT2D eigenvalue weighted by molar-refractivity contribution is 5.98. The van der Waals surface area contributed by atoms with Gasteiger partial charge in [0.25, 0.3) is 5.91 Å². The summed E-state index contributed by atoms with van der Waals surface area (Å²) in [4.78, 5) is 16.1. The predicted molar refractivity (Wildman–Crippen MR) is 74.1 cm³/mol. The second kappa shape index (κ2) is 6.65. The lowest BCUT2D eigenvalue weighted by atomic mass is 9.93. The van der Waals surface area contributed by atoms with Crippen LogP contribution in [0.5, 0.6) is 0 Å². The summed E-state index contributed by atoms with van der Waals surface area (Å²) in [5.41, 5.74) is 0.220. The van der Waals surface area contributed by atoms with E-state index in [1.165, 1.54) is 6.07 Å². The quantitative estimate of drug-likeness (QED) is 0.785. The van der Waals surface area contributed by atoms with Gasteiger partial charge in [0, 0.05) is 12.6 Å². The number of pyridine rings is 1. The van der Waals surface area contributed by atoms with E-state index in [1.807, 2.05) is 6.92 Å². The summed E-state index contributed by atoms with van der Waals surface area (Å²) in [5.74, 6) is -0.465. The Morgan fingerprint density at radius 2 is 2.15 bits per heavy atom. The summed E-state index contributed by atoms with van der Waals surface area (Å²) < 4.78 is 13.3. The summed E-state index contributed by atoms with van der Waals surface area (Å²) in [6, 6.07) is 1.22. The summed E-state index contributed by atoms with van der Waals surface area (Å²) in [6.07, 6.45) is 3.68. The SMILES string of the molecule is CCNc1ncc(F)cc1C(=O)NC1CCC(O)CC1. The normalized spacial score (nSPS) is 22.4. The fourth-order valence-corrected chi connectivity index (χ4v) is 2.40. The largest absolute Gasteiger partial charge is 0.393 e. The van der Waals surface area contributed by atoms with Crippen LogP contribution in [0.4, 0.5) is 10.2 Å². The maximum atomic E-state index is 13.3. The molecule has 110 valence electrons. The van der Waals surface area contributed by atoms with E-state index < -0.39 is 5.82 Å². The molecular formula is C14H20FN3O2. The number of anilines is 1. The highest BCUT2D eigenvalue weighted by Crippen LogP contribution is 2.20. The first-order chi connectivity index (χ1) is 9.60. The molecule has 1 aliphatic rings. The van der Waals surface area contributed by atoms with Gasteiger partial charge in [0.1, 0.15) is 11.6 Å². The fraction of sp³-hybridized carbons (Fsp3) is 0.571. The number of carbonyl (C=O) groups is 1. The molecule has 1 heterocycles. The van der Waals surface area contributed by atoms with E-state index in [0.29, 0.717) is 25.2 Å². The Hall–Kier alpha value is -1.69. The second-order valence-electron chi connectivity index (χ2n) is 5.06. The first-order valence-electron chi connectivity index (χ1n) is 6.98. The minimum atomic E-state index is -0.532. The Labute approximate surface area is 117 Å². The van der Waals surface area contributed by atoms with Crippen LogP contribution in [0.15, 0.2) is 12.3 Å². The lowest BCUT2D eigenvalue weighted by Gasteiger charge is -2.26. The molecule has 2 rings (SSSR count).